The molecule has 220 valence electrons. The number of nitrogens with zero attached hydrogens (tertiary/aromatic N) is 6. The summed E-state index contributed by atoms with van der Waals surface area (Å²) in [5.74, 6) is 0.0694. The second-order valence-corrected chi connectivity index (χ2v) is 12.1. The number of imidazole rings is 2. The Bertz CT molecular complexity index is 1690. The number of nitrogens with two attached hydrogens (primary N) is 1. The largest absolute Gasteiger partial charge is 0.394 e. The van der Waals surface area contributed by atoms with Crippen LogP contribution < -0.4 is 11.3 Å². The molecule has 41 heavy (non-hydrogen) atoms. The molecule has 2 aliphatic heterocycles. The van der Waals surface area contributed by atoms with E-state index >= 15 is 8.78 Å². The Hall–Kier alpha value is -3.00. The first-order valence-electron chi connectivity index (χ1n) is 12.1. The van der Waals surface area contributed by atoms with Gasteiger partial charge in [0.1, 0.15) is 36.3 Å². The van der Waals surface area contributed by atoms with Gasteiger partial charge in [-0.2, -0.15) is 0 Å². The van der Waals surface area contributed by atoms with E-state index in [-0.39, 0.29) is 28.0 Å². The van der Waals surface area contributed by atoms with Crippen molar-refractivity contribution in [3.05, 3.63) is 41.6 Å². The SMILES string of the molecule is Nc1ncnc2c1ncn2[C@@H]1O[C@H](COP(O)(=S)O[C@@H]2[C@@H](F)[C@@H](CO)O[C@H]2n2cnc3c(=O)[nH]ccc32)[C@@H](O)[C@@H]1F. The molecular formula is C21H23F2N8O8PS. The number of hydrogen-bond acceptors (Lipinski definition) is 13. The van der Waals surface area contributed by atoms with Crippen LogP contribution in [0.15, 0.2) is 36.0 Å². The third-order valence-electron chi connectivity index (χ3n) is 6.83. The third-order valence-corrected chi connectivity index (χ3v) is 8.39. The molecule has 4 aromatic heterocycles. The first-order chi connectivity index (χ1) is 19.6. The average molecular weight is 617 g/mol. The molecule has 0 saturated carbocycles. The molecule has 6 rings (SSSR count). The number of nitrogen functional groups attached to an aromatic ring is 1. The van der Waals surface area contributed by atoms with Crippen molar-refractivity contribution in [2.45, 2.75) is 49.2 Å². The van der Waals surface area contributed by atoms with E-state index in [9.17, 15) is 19.9 Å². The van der Waals surface area contributed by atoms with Gasteiger partial charge < -0.3 is 44.4 Å². The van der Waals surface area contributed by atoms with Gasteiger partial charge in [-0.1, -0.05) is 0 Å². The Labute approximate surface area is 232 Å². The molecule has 2 saturated heterocycles. The highest BCUT2D eigenvalue weighted by Crippen LogP contribution is 2.51. The summed E-state index contributed by atoms with van der Waals surface area (Å²) in [6.45, 7) is -5.64. The van der Waals surface area contributed by atoms with Crippen LogP contribution in [-0.2, 0) is 30.3 Å². The number of pyridine rings is 1. The highest BCUT2D eigenvalue weighted by Gasteiger charge is 2.50. The quantitative estimate of drug-likeness (QED) is 0.159. The van der Waals surface area contributed by atoms with Gasteiger partial charge in [0.05, 0.1) is 31.4 Å². The number of alkyl halides is 2. The third kappa shape index (κ3) is 4.92. The maximum absolute atomic E-state index is 15.3. The van der Waals surface area contributed by atoms with Crippen LogP contribution in [0, 0.1) is 0 Å². The molecule has 0 radical (unpaired) electrons. The van der Waals surface area contributed by atoms with Gasteiger partial charge in [-0.15, -0.1) is 0 Å². The predicted octanol–water partition coefficient (Wildman–Crippen LogP) is -0.411. The van der Waals surface area contributed by atoms with Crippen molar-refractivity contribution < 1.29 is 42.4 Å². The number of aromatic nitrogens is 7. The zero-order valence-electron chi connectivity index (χ0n) is 20.7. The van der Waals surface area contributed by atoms with Crippen LogP contribution in [0.5, 0.6) is 0 Å². The number of nitrogens with one attached hydrogen (secondary N) is 1. The fourth-order valence-electron chi connectivity index (χ4n) is 4.83. The fourth-order valence-corrected chi connectivity index (χ4v) is 6.23. The van der Waals surface area contributed by atoms with Crippen LogP contribution in [0.1, 0.15) is 12.5 Å². The van der Waals surface area contributed by atoms with Crippen molar-refractivity contribution in [2.75, 3.05) is 18.9 Å². The van der Waals surface area contributed by atoms with Gasteiger partial charge in [0.25, 0.3) is 5.56 Å². The van der Waals surface area contributed by atoms with E-state index in [4.69, 9.17) is 36.1 Å². The summed E-state index contributed by atoms with van der Waals surface area (Å²) in [7, 11) is 0. The number of hydrogen-bond donors (Lipinski definition) is 5. The average Bonchev–Trinajstić information content (AvgIpc) is 3.70. The molecule has 4 aromatic rings. The summed E-state index contributed by atoms with van der Waals surface area (Å²) in [5, 5.41) is 20.1. The lowest BCUT2D eigenvalue weighted by Crippen LogP contribution is -2.33. The van der Waals surface area contributed by atoms with E-state index in [1.54, 1.807) is 0 Å². The van der Waals surface area contributed by atoms with Crippen molar-refractivity contribution in [1.82, 2.24) is 34.1 Å². The highest BCUT2D eigenvalue weighted by atomic mass is 32.5. The molecule has 0 aromatic carbocycles. The van der Waals surface area contributed by atoms with Gasteiger partial charge in [0.2, 0.25) is 0 Å². The van der Waals surface area contributed by atoms with Crippen molar-refractivity contribution >= 4 is 46.5 Å². The molecule has 9 atom stereocenters. The molecule has 6 N–H and O–H groups in total. The molecule has 16 nitrogen and oxygen atoms in total. The maximum Gasteiger partial charge on any atom is 0.325 e. The highest BCUT2D eigenvalue weighted by molar-refractivity contribution is 8.07. The van der Waals surface area contributed by atoms with Crippen LogP contribution in [-0.4, -0.2) is 99.1 Å². The Kier molecular flexibility index (Phi) is 7.33. The first kappa shape index (κ1) is 28.1. The summed E-state index contributed by atoms with van der Waals surface area (Å²) < 4.78 is 55.0. The second kappa shape index (κ2) is 10.7. The standard InChI is InChI=1S/C21H23F2N8O8PS/c22-11-9(3-32)37-21(30-6-28-13-8(30)1-2-25-19(13)34)16(11)39-40(35,41)36-4-10-15(33)12(23)20(38-10)31-7-29-14-17(24)26-5-27-18(14)31/h1-2,5-7,9-12,15-16,20-21,32-33H,3-4H2,(H,25,34)(H,35,41)(H2,24,26,27)/t9-,10-,11+,12+,15-,16-,20-,21-,40?/m1/s1. The molecular weight excluding hydrogens is 593 g/mol. The molecule has 0 bridgehead atoms. The summed E-state index contributed by atoms with van der Waals surface area (Å²) in [5.41, 5.74) is 5.97. The van der Waals surface area contributed by atoms with Crippen molar-refractivity contribution in [3.8, 4) is 0 Å². The van der Waals surface area contributed by atoms with Gasteiger partial charge in [0.15, 0.2) is 41.8 Å². The minimum atomic E-state index is -4.29. The maximum atomic E-state index is 15.3. The Morgan fingerprint density at radius 2 is 1.83 bits per heavy atom. The normalized spacial score (nSPS) is 31.7. The number of rotatable bonds is 8. The molecule has 2 aliphatic rings. The van der Waals surface area contributed by atoms with Gasteiger partial charge in [-0.3, -0.25) is 13.9 Å². The molecule has 0 spiro atoms. The van der Waals surface area contributed by atoms with Crippen molar-refractivity contribution in [3.63, 3.8) is 0 Å². The number of anilines is 1. The monoisotopic (exact) mass is 616 g/mol. The van der Waals surface area contributed by atoms with E-state index in [1.807, 2.05) is 0 Å². The first-order valence-corrected chi connectivity index (χ1v) is 14.7. The molecule has 6 heterocycles. The van der Waals surface area contributed by atoms with E-state index in [2.05, 4.69) is 24.9 Å². The zero-order chi connectivity index (χ0) is 29.1. The van der Waals surface area contributed by atoms with E-state index < -0.39 is 74.7 Å². The Morgan fingerprint density at radius 3 is 2.61 bits per heavy atom. The summed E-state index contributed by atoms with van der Waals surface area (Å²) in [4.78, 5) is 41.3. The number of H-pyrrole nitrogens is 1. The lowest BCUT2D eigenvalue weighted by molar-refractivity contribution is -0.0551. The smallest absolute Gasteiger partial charge is 0.325 e. The van der Waals surface area contributed by atoms with E-state index in [0.717, 1.165) is 0 Å². The van der Waals surface area contributed by atoms with Crippen molar-refractivity contribution in [1.29, 1.82) is 0 Å². The van der Waals surface area contributed by atoms with Gasteiger partial charge in [0, 0.05) is 6.20 Å². The summed E-state index contributed by atoms with van der Waals surface area (Å²) >= 11 is 5.08. The van der Waals surface area contributed by atoms with Crippen LogP contribution in [0.4, 0.5) is 14.6 Å². The number of fused-ring (bicyclic) bond motifs is 2. The van der Waals surface area contributed by atoms with Crippen LogP contribution in [0.3, 0.4) is 0 Å². The topological polar surface area (TPSA) is 218 Å². The number of aliphatic hydroxyl groups excluding tert-OH is 2. The van der Waals surface area contributed by atoms with Crippen LogP contribution in [0.25, 0.3) is 22.2 Å². The minimum Gasteiger partial charge on any atom is -0.394 e. The lowest BCUT2D eigenvalue weighted by atomic mass is 10.1. The Morgan fingerprint density at radius 1 is 1.10 bits per heavy atom. The van der Waals surface area contributed by atoms with Crippen LogP contribution >= 0.6 is 6.72 Å². The zero-order valence-corrected chi connectivity index (χ0v) is 22.4. The van der Waals surface area contributed by atoms with Gasteiger partial charge >= 0.3 is 6.72 Å². The summed E-state index contributed by atoms with van der Waals surface area (Å²) in [6, 6.07) is 1.50. The molecule has 2 fully saturated rings. The molecule has 0 aliphatic carbocycles. The number of aliphatic hydroxyl groups is 2. The fraction of sp³-hybridized carbons (Fsp3) is 0.476. The predicted molar refractivity (Wildman–Crippen MR) is 138 cm³/mol. The summed E-state index contributed by atoms with van der Waals surface area (Å²) in [6.07, 6.45) is -7.62. The minimum absolute atomic E-state index is 0.0416. The number of ether oxygens (including phenoxy) is 2. The number of halogens is 2. The van der Waals surface area contributed by atoms with Gasteiger partial charge in [-0.25, -0.2) is 28.7 Å². The van der Waals surface area contributed by atoms with E-state index in [0.29, 0.717) is 0 Å². The Balaban J connectivity index is 1.18. The number of aromatic amines is 1. The molecule has 1 unspecified atom stereocenters. The molecule has 0 amide bonds. The van der Waals surface area contributed by atoms with Crippen molar-refractivity contribution in [2.24, 2.45) is 0 Å². The van der Waals surface area contributed by atoms with Gasteiger partial charge in [-0.05, 0) is 17.9 Å². The van der Waals surface area contributed by atoms with E-state index in [1.165, 1.54) is 40.4 Å². The second-order valence-electron chi connectivity index (χ2n) is 9.30. The lowest BCUT2D eigenvalue weighted by Gasteiger charge is -2.26. The van der Waals surface area contributed by atoms with Crippen LogP contribution in [0.2, 0.25) is 0 Å². The molecule has 20 heteroatoms.